The van der Waals surface area contributed by atoms with Crippen LogP contribution in [0.15, 0.2) is 36.7 Å². The maximum Gasteiger partial charge on any atom is 0.163 e. The average molecular weight is 339 g/mol. The van der Waals surface area contributed by atoms with E-state index in [4.69, 9.17) is 9.72 Å². The van der Waals surface area contributed by atoms with Crippen molar-refractivity contribution in [3.8, 4) is 16.9 Å². The van der Waals surface area contributed by atoms with Gasteiger partial charge < -0.3 is 4.74 Å². The number of aryl methyl sites for hydroxylation is 1. The summed E-state index contributed by atoms with van der Waals surface area (Å²) >= 11 is 0. The summed E-state index contributed by atoms with van der Waals surface area (Å²) in [5, 5.41) is 4.32. The summed E-state index contributed by atoms with van der Waals surface area (Å²) in [6.07, 6.45) is 11.6. The molecule has 1 aromatic carbocycles. The first kappa shape index (κ1) is 16.1. The van der Waals surface area contributed by atoms with Crippen LogP contribution in [0.4, 0.5) is 4.39 Å². The molecule has 3 aromatic rings. The first-order valence-corrected chi connectivity index (χ1v) is 9.07. The average Bonchev–Trinajstić information content (AvgIpc) is 3.04. The standard InChI is InChI=1S/C20H22FN3O/c21-19-9-8-16-13-17(19)18-14-22-24-11-10-15(23-20(18)24)7-5-3-1-2-4-6-12-25-16/h8-11,13-14H,1-7,12H2. The molecular formula is C20H22FN3O. The van der Waals surface area contributed by atoms with Crippen molar-refractivity contribution in [1.82, 2.24) is 14.6 Å². The molecule has 0 saturated carbocycles. The molecule has 0 spiro atoms. The van der Waals surface area contributed by atoms with E-state index in [0.29, 0.717) is 29.1 Å². The van der Waals surface area contributed by atoms with Crippen molar-refractivity contribution < 1.29 is 9.13 Å². The second kappa shape index (κ2) is 7.21. The van der Waals surface area contributed by atoms with Crippen molar-refractivity contribution in [1.29, 1.82) is 0 Å². The number of hydrogen-bond acceptors (Lipinski definition) is 3. The highest BCUT2D eigenvalue weighted by Crippen LogP contribution is 2.30. The molecule has 4 rings (SSSR count). The molecule has 0 radical (unpaired) electrons. The van der Waals surface area contributed by atoms with Crippen LogP contribution in [0.2, 0.25) is 0 Å². The Hall–Kier alpha value is -2.43. The van der Waals surface area contributed by atoms with Gasteiger partial charge in [0.15, 0.2) is 5.65 Å². The zero-order chi connectivity index (χ0) is 17.1. The van der Waals surface area contributed by atoms with E-state index >= 15 is 0 Å². The molecular weight excluding hydrogens is 317 g/mol. The molecule has 4 bridgehead atoms. The zero-order valence-corrected chi connectivity index (χ0v) is 14.2. The highest BCUT2D eigenvalue weighted by atomic mass is 19.1. The Labute approximate surface area is 146 Å². The van der Waals surface area contributed by atoms with Crippen molar-refractivity contribution in [3.63, 3.8) is 0 Å². The van der Waals surface area contributed by atoms with Crippen molar-refractivity contribution in [2.45, 2.75) is 44.9 Å². The Morgan fingerprint density at radius 1 is 0.960 bits per heavy atom. The fourth-order valence-electron chi connectivity index (χ4n) is 3.34. The van der Waals surface area contributed by atoms with E-state index in [-0.39, 0.29) is 5.82 Å². The number of halogens is 1. The lowest BCUT2D eigenvalue weighted by Gasteiger charge is -2.10. The van der Waals surface area contributed by atoms with Gasteiger partial charge >= 0.3 is 0 Å². The summed E-state index contributed by atoms with van der Waals surface area (Å²) in [7, 11) is 0. The molecule has 0 amide bonds. The smallest absolute Gasteiger partial charge is 0.163 e. The minimum absolute atomic E-state index is 0.282. The van der Waals surface area contributed by atoms with Gasteiger partial charge in [-0.3, -0.25) is 0 Å². The molecule has 3 heterocycles. The lowest BCUT2D eigenvalue weighted by Crippen LogP contribution is -2.00. The number of benzene rings is 1. The van der Waals surface area contributed by atoms with Gasteiger partial charge in [-0.1, -0.05) is 25.7 Å². The van der Waals surface area contributed by atoms with Crippen molar-refractivity contribution in [2.24, 2.45) is 0 Å². The number of nitrogens with zero attached hydrogens (tertiary/aromatic N) is 3. The Kier molecular flexibility index (Phi) is 4.63. The highest BCUT2D eigenvalue weighted by Gasteiger charge is 2.14. The van der Waals surface area contributed by atoms with Crippen LogP contribution in [0.25, 0.3) is 16.8 Å². The molecule has 2 aromatic heterocycles. The van der Waals surface area contributed by atoms with Gasteiger partial charge in [0.05, 0.1) is 12.8 Å². The van der Waals surface area contributed by atoms with Crippen LogP contribution in [0.5, 0.6) is 5.75 Å². The quantitative estimate of drug-likeness (QED) is 0.590. The van der Waals surface area contributed by atoms with Crippen LogP contribution in [0, 0.1) is 5.82 Å². The molecule has 130 valence electrons. The van der Waals surface area contributed by atoms with Gasteiger partial charge in [0, 0.05) is 23.0 Å². The van der Waals surface area contributed by atoms with Gasteiger partial charge in [0.2, 0.25) is 0 Å². The minimum Gasteiger partial charge on any atom is -0.494 e. The van der Waals surface area contributed by atoms with E-state index in [1.807, 2.05) is 12.3 Å². The Morgan fingerprint density at radius 2 is 1.80 bits per heavy atom. The van der Waals surface area contributed by atoms with E-state index in [2.05, 4.69) is 5.10 Å². The van der Waals surface area contributed by atoms with Crippen molar-refractivity contribution in [3.05, 3.63) is 48.2 Å². The summed E-state index contributed by atoms with van der Waals surface area (Å²) < 4.78 is 22.0. The third-order valence-corrected chi connectivity index (χ3v) is 4.75. The van der Waals surface area contributed by atoms with Crippen molar-refractivity contribution in [2.75, 3.05) is 6.61 Å². The van der Waals surface area contributed by atoms with Gasteiger partial charge in [-0.15, -0.1) is 0 Å². The van der Waals surface area contributed by atoms with E-state index in [1.54, 1.807) is 22.8 Å². The molecule has 0 N–H and O–H groups in total. The number of aromatic nitrogens is 3. The molecule has 4 nitrogen and oxygen atoms in total. The fraction of sp³-hybridized carbons (Fsp3) is 0.400. The molecule has 0 atom stereocenters. The molecule has 1 aliphatic heterocycles. The first-order chi connectivity index (χ1) is 12.3. The first-order valence-electron chi connectivity index (χ1n) is 9.07. The Bertz CT molecular complexity index is 875. The summed E-state index contributed by atoms with van der Waals surface area (Å²) in [5.74, 6) is 0.412. The third kappa shape index (κ3) is 3.50. The molecule has 0 fully saturated rings. The minimum atomic E-state index is -0.282. The summed E-state index contributed by atoms with van der Waals surface area (Å²) in [5.41, 5.74) is 2.93. The monoisotopic (exact) mass is 339 g/mol. The predicted molar refractivity (Wildman–Crippen MR) is 95.3 cm³/mol. The topological polar surface area (TPSA) is 39.4 Å². The van der Waals surface area contributed by atoms with Crippen LogP contribution < -0.4 is 4.74 Å². The molecule has 1 aliphatic rings. The summed E-state index contributed by atoms with van der Waals surface area (Å²) in [6, 6.07) is 6.91. The molecule has 0 saturated heterocycles. The second-order valence-corrected chi connectivity index (χ2v) is 6.61. The highest BCUT2D eigenvalue weighted by molar-refractivity contribution is 5.78. The number of rotatable bonds is 0. The largest absolute Gasteiger partial charge is 0.494 e. The number of fused-ring (bicyclic) bond motifs is 4. The van der Waals surface area contributed by atoms with Crippen molar-refractivity contribution >= 4 is 5.65 Å². The zero-order valence-electron chi connectivity index (χ0n) is 14.2. The molecule has 0 unspecified atom stereocenters. The lowest BCUT2D eigenvalue weighted by molar-refractivity contribution is 0.304. The van der Waals surface area contributed by atoms with E-state index in [9.17, 15) is 4.39 Å². The van der Waals surface area contributed by atoms with Crippen LogP contribution in [0.1, 0.15) is 44.2 Å². The van der Waals surface area contributed by atoms with Gasteiger partial charge in [-0.25, -0.2) is 13.9 Å². The van der Waals surface area contributed by atoms with Crippen LogP contribution in [-0.2, 0) is 6.42 Å². The van der Waals surface area contributed by atoms with Gasteiger partial charge in [-0.05, 0) is 43.5 Å². The van der Waals surface area contributed by atoms with E-state index < -0.39 is 0 Å². The molecule has 0 aliphatic carbocycles. The summed E-state index contributed by atoms with van der Waals surface area (Å²) in [6.45, 7) is 0.669. The molecule has 25 heavy (non-hydrogen) atoms. The Morgan fingerprint density at radius 3 is 2.72 bits per heavy atom. The van der Waals surface area contributed by atoms with E-state index in [1.165, 1.54) is 31.7 Å². The fourth-order valence-corrected chi connectivity index (χ4v) is 3.34. The second-order valence-electron chi connectivity index (χ2n) is 6.61. The maximum absolute atomic E-state index is 14.4. The number of hydrogen-bond donors (Lipinski definition) is 0. The van der Waals surface area contributed by atoms with Gasteiger partial charge in [0.1, 0.15) is 11.6 Å². The predicted octanol–water partition coefficient (Wildman–Crippen LogP) is 4.81. The molecule has 5 heteroatoms. The summed E-state index contributed by atoms with van der Waals surface area (Å²) in [4.78, 5) is 4.73. The maximum atomic E-state index is 14.4. The Balaban J connectivity index is 1.77. The van der Waals surface area contributed by atoms with Crippen LogP contribution >= 0.6 is 0 Å². The van der Waals surface area contributed by atoms with E-state index in [0.717, 1.165) is 25.0 Å². The SMILES string of the molecule is Fc1ccc2cc1-c1cnn3ccc(nc13)CCCCCCCCO2. The van der Waals surface area contributed by atoms with Crippen LogP contribution in [-0.4, -0.2) is 21.2 Å². The van der Waals surface area contributed by atoms with Gasteiger partial charge in [0.25, 0.3) is 0 Å². The lowest BCUT2D eigenvalue weighted by atomic mass is 10.1. The normalized spacial score (nSPS) is 16.0. The van der Waals surface area contributed by atoms with Gasteiger partial charge in [-0.2, -0.15) is 5.10 Å². The third-order valence-electron chi connectivity index (χ3n) is 4.75. The van der Waals surface area contributed by atoms with Crippen LogP contribution in [0.3, 0.4) is 0 Å². The number of ether oxygens (including phenoxy) is 1.